The van der Waals surface area contributed by atoms with Crippen LogP contribution in [0.5, 0.6) is 0 Å². The van der Waals surface area contributed by atoms with Crippen LogP contribution in [0, 0.1) is 6.92 Å². The third-order valence-electron chi connectivity index (χ3n) is 8.43. The molecule has 0 amide bonds. The summed E-state index contributed by atoms with van der Waals surface area (Å²) >= 11 is 0. The zero-order valence-corrected chi connectivity index (χ0v) is 22.8. The van der Waals surface area contributed by atoms with Gasteiger partial charge in [0.1, 0.15) is 0 Å². The fourth-order valence-electron chi connectivity index (χ4n) is 6.45. The van der Waals surface area contributed by atoms with E-state index in [1.54, 1.807) is 0 Å². The molecule has 0 atom stereocenters. The van der Waals surface area contributed by atoms with E-state index in [4.69, 9.17) is 0 Å². The minimum Gasteiger partial charge on any atom is -0.264 e. The van der Waals surface area contributed by atoms with E-state index in [0.29, 0.717) is 0 Å². The Morgan fingerprint density at radius 1 is 0.415 bits per heavy atom. The van der Waals surface area contributed by atoms with E-state index in [9.17, 15) is 0 Å². The summed E-state index contributed by atoms with van der Waals surface area (Å²) in [5, 5.41) is 10.1. The average molecular weight is 522 g/mol. The molecule has 0 spiro atoms. The molecule has 0 unspecified atom stereocenters. The number of rotatable bonds is 3. The maximum atomic E-state index is 4.35. The largest absolute Gasteiger partial charge is 0.264 e. The number of hydrogen-bond acceptors (Lipinski definition) is 1. The normalized spacial score (nSPS) is 11.5. The van der Waals surface area contributed by atoms with Gasteiger partial charge < -0.3 is 0 Å². The Hall–Kier alpha value is -5.27. The van der Waals surface area contributed by atoms with Gasteiger partial charge in [0.15, 0.2) is 0 Å². The SMILES string of the molecule is Cc1cnccc1-c1ccc2c(-c3ccc4ccccc4c3)c3ccccc3c(-c3ccc4ccccc4c3)c2c1. The highest BCUT2D eigenvalue weighted by molar-refractivity contribution is 6.22. The van der Waals surface area contributed by atoms with Gasteiger partial charge in [0.2, 0.25) is 0 Å². The molecule has 0 aliphatic carbocycles. The van der Waals surface area contributed by atoms with Crippen LogP contribution in [-0.2, 0) is 0 Å². The highest BCUT2D eigenvalue weighted by Gasteiger charge is 2.18. The highest BCUT2D eigenvalue weighted by atomic mass is 14.6. The first-order valence-corrected chi connectivity index (χ1v) is 14.1. The Morgan fingerprint density at radius 2 is 0.927 bits per heavy atom. The molecule has 0 bridgehead atoms. The summed E-state index contributed by atoms with van der Waals surface area (Å²) in [4.78, 5) is 4.35. The Kier molecular flexibility index (Phi) is 5.43. The minimum absolute atomic E-state index is 1.18. The second-order valence-electron chi connectivity index (χ2n) is 10.9. The summed E-state index contributed by atoms with van der Waals surface area (Å²) in [7, 11) is 0. The average Bonchev–Trinajstić information content (AvgIpc) is 3.03. The van der Waals surface area contributed by atoms with Crippen LogP contribution in [0.1, 0.15) is 5.56 Å². The van der Waals surface area contributed by atoms with Gasteiger partial charge in [-0.2, -0.15) is 0 Å². The van der Waals surface area contributed by atoms with Crippen LogP contribution in [0.15, 0.2) is 146 Å². The topological polar surface area (TPSA) is 12.9 Å². The van der Waals surface area contributed by atoms with E-state index in [0.717, 1.165) is 0 Å². The fraction of sp³-hybridized carbons (Fsp3) is 0.0250. The molecule has 1 heterocycles. The Morgan fingerprint density at radius 3 is 1.54 bits per heavy atom. The number of benzene rings is 7. The summed E-state index contributed by atoms with van der Waals surface area (Å²) in [5.41, 5.74) is 8.63. The summed E-state index contributed by atoms with van der Waals surface area (Å²) in [6, 6.07) is 49.0. The first-order chi connectivity index (χ1) is 20.2. The molecule has 0 saturated carbocycles. The number of aromatic nitrogens is 1. The number of nitrogens with zero attached hydrogens (tertiary/aromatic N) is 1. The molecule has 0 radical (unpaired) electrons. The molecule has 1 heteroatoms. The van der Waals surface area contributed by atoms with E-state index in [1.165, 1.54) is 82.0 Å². The second kappa shape index (κ2) is 9.43. The Bertz CT molecular complexity index is 2270. The number of aryl methyl sites for hydroxylation is 1. The van der Waals surface area contributed by atoms with Gasteiger partial charge in [-0.25, -0.2) is 0 Å². The van der Waals surface area contributed by atoms with Crippen LogP contribution >= 0.6 is 0 Å². The zero-order valence-electron chi connectivity index (χ0n) is 22.8. The third kappa shape index (κ3) is 3.90. The van der Waals surface area contributed by atoms with Crippen molar-refractivity contribution in [1.82, 2.24) is 4.98 Å². The first-order valence-electron chi connectivity index (χ1n) is 14.1. The van der Waals surface area contributed by atoms with Gasteiger partial charge in [0.25, 0.3) is 0 Å². The summed E-state index contributed by atoms with van der Waals surface area (Å²) in [6.45, 7) is 2.14. The molecule has 192 valence electrons. The summed E-state index contributed by atoms with van der Waals surface area (Å²) in [5.74, 6) is 0. The lowest BCUT2D eigenvalue weighted by atomic mass is 9.84. The van der Waals surface area contributed by atoms with Crippen LogP contribution in [0.3, 0.4) is 0 Å². The van der Waals surface area contributed by atoms with E-state index >= 15 is 0 Å². The highest BCUT2D eigenvalue weighted by Crippen LogP contribution is 2.45. The predicted octanol–water partition coefficient (Wildman–Crippen LogP) is 11.0. The molecule has 0 aliphatic rings. The maximum absolute atomic E-state index is 4.35. The first kappa shape index (κ1) is 23.6. The van der Waals surface area contributed by atoms with Gasteiger partial charge in [-0.3, -0.25) is 4.98 Å². The van der Waals surface area contributed by atoms with E-state index in [1.807, 2.05) is 12.4 Å². The quantitative estimate of drug-likeness (QED) is 0.211. The molecule has 0 saturated heterocycles. The molecule has 0 N–H and O–H groups in total. The zero-order chi connectivity index (χ0) is 27.3. The predicted molar refractivity (Wildman–Crippen MR) is 175 cm³/mol. The Balaban J connectivity index is 1.52. The van der Waals surface area contributed by atoms with E-state index < -0.39 is 0 Å². The molecule has 7 aromatic carbocycles. The summed E-state index contributed by atoms with van der Waals surface area (Å²) < 4.78 is 0. The monoisotopic (exact) mass is 521 g/mol. The van der Waals surface area contributed by atoms with Crippen LogP contribution < -0.4 is 0 Å². The standard InChI is InChI=1S/C40H27N/c1-26-25-41-21-20-34(26)31-18-19-37-38(24-31)40(33-17-15-28-9-3-5-11-30(28)23-33)36-13-7-6-12-35(36)39(37)32-16-14-27-8-2-4-10-29(27)22-32/h2-25H,1H3. The maximum Gasteiger partial charge on any atom is 0.0303 e. The molecule has 8 aromatic rings. The lowest BCUT2D eigenvalue weighted by molar-refractivity contribution is 1.27. The lowest BCUT2D eigenvalue weighted by Crippen LogP contribution is -1.92. The smallest absolute Gasteiger partial charge is 0.0303 e. The van der Waals surface area contributed by atoms with Crippen LogP contribution in [0.25, 0.3) is 76.5 Å². The molecule has 1 aromatic heterocycles. The molecule has 41 heavy (non-hydrogen) atoms. The van der Waals surface area contributed by atoms with Crippen molar-refractivity contribution in [1.29, 1.82) is 0 Å². The molecule has 0 aliphatic heterocycles. The molecule has 0 fully saturated rings. The van der Waals surface area contributed by atoms with Crippen molar-refractivity contribution in [2.45, 2.75) is 6.92 Å². The minimum atomic E-state index is 1.18. The van der Waals surface area contributed by atoms with Gasteiger partial charge in [-0.05, 0) is 113 Å². The van der Waals surface area contributed by atoms with Crippen molar-refractivity contribution >= 4 is 43.1 Å². The van der Waals surface area contributed by atoms with Gasteiger partial charge >= 0.3 is 0 Å². The van der Waals surface area contributed by atoms with Gasteiger partial charge in [0, 0.05) is 12.4 Å². The molecule has 8 rings (SSSR count). The van der Waals surface area contributed by atoms with Crippen LogP contribution in [0.2, 0.25) is 0 Å². The number of pyridine rings is 1. The van der Waals surface area contributed by atoms with Crippen molar-refractivity contribution in [3.8, 4) is 33.4 Å². The van der Waals surface area contributed by atoms with Crippen molar-refractivity contribution in [3.63, 3.8) is 0 Å². The Labute approximate surface area is 239 Å². The van der Waals surface area contributed by atoms with Gasteiger partial charge in [-0.1, -0.05) is 109 Å². The molecular weight excluding hydrogens is 494 g/mol. The van der Waals surface area contributed by atoms with Crippen molar-refractivity contribution in [2.75, 3.05) is 0 Å². The third-order valence-corrected chi connectivity index (χ3v) is 8.43. The van der Waals surface area contributed by atoms with Crippen molar-refractivity contribution in [2.24, 2.45) is 0 Å². The van der Waals surface area contributed by atoms with Gasteiger partial charge in [0.05, 0.1) is 0 Å². The van der Waals surface area contributed by atoms with E-state index in [-0.39, 0.29) is 0 Å². The van der Waals surface area contributed by atoms with Gasteiger partial charge in [-0.15, -0.1) is 0 Å². The van der Waals surface area contributed by atoms with Crippen LogP contribution in [0.4, 0.5) is 0 Å². The molecule has 1 nitrogen and oxygen atoms in total. The van der Waals surface area contributed by atoms with Crippen molar-refractivity contribution in [3.05, 3.63) is 151 Å². The second-order valence-corrected chi connectivity index (χ2v) is 10.9. The fourth-order valence-corrected chi connectivity index (χ4v) is 6.45. The van der Waals surface area contributed by atoms with E-state index in [2.05, 4.69) is 145 Å². The lowest BCUT2D eigenvalue weighted by Gasteiger charge is -2.19. The number of fused-ring (bicyclic) bond motifs is 4. The molecular formula is C40H27N. The summed E-state index contributed by atoms with van der Waals surface area (Å²) in [6.07, 6.45) is 3.84. The number of hydrogen-bond donors (Lipinski definition) is 0. The van der Waals surface area contributed by atoms with Crippen molar-refractivity contribution < 1.29 is 0 Å². The van der Waals surface area contributed by atoms with Crippen LogP contribution in [-0.4, -0.2) is 4.98 Å².